The monoisotopic (exact) mass is 308 g/mol. The molecule has 0 radical (unpaired) electrons. The minimum absolute atomic E-state index is 0.202. The van der Waals surface area contributed by atoms with Gasteiger partial charge in [0.2, 0.25) is 0 Å². The molecule has 1 aromatic carbocycles. The third kappa shape index (κ3) is 2.74. The van der Waals surface area contributed by atoms with Crippen LogP contribution in [0.3, 0.4) is 0 Å². The number of benzene rings is 1. The van der Waals surface area contributed by atoms with Crippen LogP contribution < -0.4 is 0 Å². The first-order valence-electron chi connectivity index (χ1n) is 4.84. The topological polar surface area (TPSA) is 20.2 Å². The van der Waals surface area contributed by atoms with E-state index in [0.717, 1.165) is 11.1 Å². The SMILES string of the molecule is Oc1ccc(C2=CC(Cl)=C(Cl)C(Cl)(Cl)C2)cc1. The van der Waals surface area contributed by atoms with E-state index in [1.165, 1.54) is 0 Å². The third-order valence-electron chi connectivity index (χ3n) is 2.48. The van der Waals surface area contributed by atoms with Crippen LogP contribution in [-0.2, 0) is 0 Å². The number of hydrogen-bond acceptors (Lipinski definition) is 1. The summed E-state index contributed by atoms with van der Waals surface area (Å²) in [5.74, 6) is 0.202. The molecule has 5 heteroatoms. The lowest BCUT2D eigenvalue weighted by atomic mass is 9.96. The van der Waals surface area contributed by atoms with Crippen molar-refractivity contribution < 1.29 is 5.11 Å². The van der Waals surface area contributed by atoms with Gasteiger partial charge in [0.1, 0.15) is 5.75 Å². The van der Waals surface area contributed by atoms with Crippen molar-refractivity contribution in [2.75, 3.05) is 0 Å². The molecule has 0 bridgehead atoms. The number of aromatic hydroxyl groups is 1. The van der Waals surface area contributed by atoms with Crippen molar-refractivity contribution in [1.82, 2.24) is 0 Å². The van der Waals surface area contributed by atoms with Crippen LogP contribution in [0.4, 0.5) is 0 Å². The second-order valence-electron chi connectivity index (χ2n) is 3.76. The molecular formula is C12H8Cl4O. The van der Waals surface area contributed by atoms with Crippen LogP contribution in [0.5, 0.6) is 5.75 Å². The van der Waals surface area contributed by atoms with E-state index in [4.69, 9.17) is 46.4 Å². The van der Waals surface area contributed by atoms with E-state index >= 15 is 0 Å². The Bertz CT molecular complexity index is 500. The number of phenolic OH excluding ortho intramolecular Hbond substituents is 1. The van der Waals surface area contributed by atoms with Gasteiger partial charge in [0, 0.05) is 6.42 Å². The van der Waals surface area contributed by atoms with Gasteiger partial charge in [0.05, 0.1) is 10.1 Å². The van der Waals surface area contributed by atoms with Crippen LogP contribution in [0.2, 0.25) is 0 Å². The van der Waals surface area contributed by atoms with Crippen LogP contribution in [0.15, 0.2) is 40.4 Å². The Morgan fingerprint density at radius 2 is 1.65 bits per heavy atom. The summed E-state index contributed by atoms with van der Waals surface area (Å²) in [6, 6.07) is 6.73. The van der Waals surface area contributed by atoms with Crippen molar-refractivity contribution in [2.45, 2.75) is 10.8 Å². The average molecular weight is 310 g/mol. The Morgan fingerprint density at radius 1 is 1.06 bits per heavy atom. The van der Waals surface area contributed by atoms with E-state index in [0.29, 0.717) is 11.5 Å². The minimum atomic E-state index is -1.19. The molecule has 0 atom stereocenters. The maximum atomic E-state index is 9.22. The molecule has 90 valence electrons. The Kier molecular flexibility index (Phi) is 3.65. The van der Waals surface area contributed by atoms with Gasteiger partial charge in [-0.1, -0.05) is 58.5 Å². The van der Waals surface area contributed by atoms with E-state index in [9.17, 15) is 5.11 Å². The second-order valence-corrected chi connectivity index (χ2v) is 6.03. The van der Waals surface area contributed by atoms with E-state index in [2.05, 4.69) is 0 Å². The van der Waals surface area contributed by atoms with Crippen LogP contribution in [0.25, 0.3) is 5.57 Å². The van der Waals surface area contributed by atoms with Crippen molar-refractivity contribution in [1.29, 1.82) is 0 Å². The first-order chi connectivity index (χ1) is 7.90. The molecule has 1 nitrogen and oxygen atoms in total. The van der Waals surface area contributed by atoms with E-state index in [1.54, 1.807) is 30.3 Å². The zero-order valence-electron chi connectivity index (χ0n) is 8.55. The summed E-state index contributed by atoms with van der Waals surface area (Å²) in [6.07, 6.45) is 2.11. The molecule has 1 N–H and O–H groups in total. The minimum Gasteiger partial charge on any atom is -0.508 e. The predicted octanol–water partition coefficient (Wildman–Crippen LogP) is 5.04. The highest BCUT2D eigenvalue weighted by molar-refractivity contribution is 6.58. The summed E-state index contributed by atoms with van der Waals surface area (Å²) in [4.78, 5) is 0. The molecule has 0 fully saturated rings. The molecular weight excluding hydrogens is 302 g/mol. The summed E-state index contributed by atoms with van der Waals surface area (Å²) in [7, 11) is 0. The molecule has 0 saturated carbocycles. The molecule has 1 aromatic rings. The van der Waals surface area contributed by atoms with Gasteiger partial charge >= 0.3 is 0 Å². The van der Waals surface area contributed by atoms with Crippen LogP contribution >= 0.6 is 46.4 Å². The number of hydrogen-bond donors (Lipinski definition) is 1. The number of allylic oxidation sites excluding steroid dienone is 4. The number of rotatable bonds is 1. The molecule has 0 aromatic heterocycles. The summed E-state index contributed by atoms with van der Waals surface area (Å²) in [5.41, 5.74) is 1.78. The molecule has 17 heavy (non-hydrogen) atoms. The summed E-state index contributed by atoms with van der Waals surface area (Å²) >= 11 is 24.1. The zero-order chi connectivity index (χ0) is 12.6. The first-order valence-corrected chi connectivity index (χ1v) is 6.35. The molecule has 0 spiro atoms. The number of halogens is 4. The summed E-state index contributed by atoms with van der Waals surface area (Å²) < 4.78 is -1.19. The van der Waals surface area contributed by atoms with Crippen LogP contribution in [-0.4, -0.2) is 9.44 Å². The van der Waals surface area contributed by atoms with Gasteiger partial charge in [0.25, 0.3) is 0 Å². The molecule has 0 heterocycles. The van der Waals surface area contributed by atoms with Crippen molar-refractivity contribution in [2.24, 2.45) is 0 Å². The van der Waals surface area contributed by atoms with Gasteiger partial charge in [0.15, 0.2) is 4.33 Å². The van der Waals surface area contributed by atoms with Crippen LogP contribution in [0, 0.1) is 0 Å². The van der Waals surface area contributed by atoms with Crippen molar-refractivity contribution >= 4 is 52.0 Å². The summed E-state index contributed by atoms with van der Waals surface area (Å²) in [5, 5.41) is 9.80. The summed E-state index contributed by atoms with van der Waals surface area (Å²) in [6.45, 7) is 0. The van der Waals surface area contributed by atoms with Crippen molar-refractivity contribution in [3.8, 4) is 5.75 Å². The lowest BCUT2D eigenvalue weighted by Gasteiger charge is -2.25. The number of alkyl halides is 2. The van der Waals surface area contributed by atoms with Gasteiger partial charge in [-0.2, -0.15) is 0 Å². The Labute approximate surface area is 119 Å². The highest BCUT2D eigenvalue weighted by Gasteiger charge is 2.34. The largest absolute Gasteiger partial charge is 0.508 e. The van der Waals surface area contributed by atoms with Crippen molar-refractivity contribution in [3.05, 3.63) is 46.0 Å². The maximum absolute atomic E-state index is 9.22. The first kappa shape index (κ1) is 13.1. The van der Waals surface area contributed by atoms with Gasteiger partial charge in [-0.05, 0) is 29.3 Å². The molecule has 2 rings (SSSR count). The van der Waals surface area contributed by atoms with Gasteiger partial charge in [-0.25, -0.2) is 0 Å². The maximum Gasteiger partial charge on any atom is 0.159 e. The molecule has 0 amide bonds. The standard InChI is InChI=1S/C12H8Cl4O/c13-10-5-8(6-12(15,16)11(10)14)7-1-3-9(17)4-2-7/h1-5,17H,6H2. The third-order valence-corrected chi connectivity index (χ3v) is 4.24. The lowest BCUT2D eigenvalue weighted by molar-refractivity contribution is 0.475. The normalized spacial score (nSPS) is 19.2. The van der Waals surface area contributed by atoms with Crippen LogP contribution in [0.1, 0.15) is 12.0 Å². The van der Waals surface area contributed by atoms with E-state index in [-0.39, 0.29) is 10.8 Å². The fourth-order valence-corrected chi connectivity index (χ4v) is 2.62. The molecule has 1 aliphatic rings. The number of phenols is 1. The molecule has 0 saturated heterocycles. The zero-order valence-corrected chi connectivity index (χ0v) is 11.6. The molecule has 1 aliphatic carbocycles. The van der Waals surface area contributed by atoms with Gasteiger partial charge in [-0.15, -0.1) is 0 Å². The Balaban J connectivity index is 2.42. The van der Waals surface area contributed by atoms with Crippen molar-refractivity contribution in [3.63, 3.8) is 0 Å². The Morgan fingerprint density at radius 3 is 2.18 bits per heavy atom. The quantitative estimate of drug-likeness (QED) is 0.720. The fourth-order valence-electron chi connectivity index (χ4n) is 1.62. The fraction of sp³-hybridized carbons (Fsp3) is 0.167. The average Bonchev–Trinajstić information content (AvgIpc) is 2.26. The Hall–Kier alpha value is -0.340. The van der Waals surface area contributed by atoms with Gasteiger partial charge in [-0.3, -0.25) is 0 Å². The molecule has 0 unspecified atom stereocenters. The lowest BCUT2D eigenvalue weighted by Crippen LogP contribution is -2.17. The van der Waals surface area contributed by atoms with E-state index in [1.807, 2.05) is 0 Å². The highest BCUT2D eigenvalue weighted by Crippen LogP contribution is 2.47. The molecule has 0 aliphatic heterocycles. The van der Waals surface area contributed by atoms with Gasteiger partial charge < -0.3 is 5.11 Å². The van der Waals surface area contributed by atoms with E-state index < -0.39 is 4.33 Å². The highest BCUT2D eigenvalue weighted by atomic mass is 35.5. The second kappa shape index (κ2) is 4.74. The smallest absolute Gasteiger partial charge is 0.159 e. The predicted molar refractivity (Wildman–Crippen MR) is 73.9 cm³/mol.